The van der Waals surface area contributed by atoms with Crippen molar-refractivity contribution in [2.45, 2.75) is 6.42 Å². The molecule has 0 aromatic heterocycles. The highest BCUT2D eigenvalue weighted by atomic mass is 35.5. The average Bonchev–Trinajstić information content (AvgIpc) is 2.54. The topological polar surface area (TPSA) is 49.4 Å². The summed E-state index contributed by atoms with van der Waals surface area (Å²) < 4.78 is 0. The minimum atomic E-state index is 0.0501. The normalized spacial score (nSPS) is 16.3. The van der Waals surface area contributed by atoms with Crippen LogP contribution < -0.4 is 10.2 Å². The van der Waals surface area contributed by atoms with Crippen LogP contribution in [0.3, 0.4) is 0 Å². The first-order valence-corrected chi connectivity index (χ1v) is 5.85. The van der Waals surface area contributed by atoms with Gasteiger partial charge in [-0.15, -0.1) is 0 Å². The zero-order valence-electron chi connectivity index (χ0n) is 9.28. The third kappa shape index (κ3) is 2.77. The van der Waals surface area contributed by atoms with E-state index in [1.165, 1.54) is 0 Å². The first-order chi connectivity index (χ1) is 8.20. The second kappa shape index (κ2) is 5.19. The van der Waals surface area contributed by atoms with Crippen molar-refractivity contribution in [2.75, 3.05) is 24.5 Å². The molecule has 0 spiro atoms. The summed E-state index contributed by atoms with van der Waals surface area (Å²) in [6, 6.07) is 5.22. The van der Waals surface area contributed by atoms with E-state index in [9.17, 15) is 9.59 Å². The van der Waals surface area contributed by atoms with E-state index in [0.717, 1.165) is 12.0 Å². The molecule has 1 aromatic carbocycles. The summed E-state index contributed by atoms with van der Waals surface area (Å²) in [6.07, 6.45) is 1.24. The first-order valence-electron chi connectivity index (χ1n) is 5.47. The second-order valence-electron chi connectivity index (χ2n) is 3.91. The number of nitrogens with one attached hydrogen (secondary N) is 1. The van der Waals surface area contributed by atoms with Crippen LogP contribution in [0.1, 0.15) is 16.8 Å². The Kier molecular flexibility index (Phi) is 3.64. The molecule has 1 heterocycles. The fourth-order valence-corrected chi connectivity index (χ4v) is 2.10. The smallest absolute Gasteiger partial charge is 0.221 e. The van der Waals surface area contributed by atoms with Gasteiger partial charge in [0.25, 0.3) is 0 Å². The second-order valence-corrected chi connectivity index (χ2v) is 4.34. The highest BCUT2D eigenvalue weighted by Gasteiger charge is 2.16. The van der Waals surface area contributed by atoms with Gasteiger partial charge < -0.3 is 10.2 Å². The molecule has 0 saturated carbocycles. The SMILES string of the molecule is O=Cc1cc(Cl)ccc1N1CCNC(=O)CC1. The van der Waals surface area contributed by atoms with E-state index >= 15 is 0 Å². The monoisotopic (exact) mass is 252 g/mol. The lowest BCUT2D eigenvalue weighted by Gasteiger charge is -2.23. The Morgan fingerprint density at radius 1 is 1.35 bits per heavy atom. The first kappa shape index (κ1) is 11.9. The molecule has 0 radical (unpaired) electrons. The van der Waals surface area contributed by atoms with Gasteiger partial charge in [0, 0.05) is 42.3 Å². The number of hydrogen-bond acceptors (Lipinski definition) is 3. The molecule has 0 unspecified atom stereocenters. The molecule has 1 saturated heterocycles. The molecule has 0 aliphatic carbocycles. The predicted molar refractivity (Wildman–Crippen MR) is 66.7 cm³/mol. The van der Waals surface area contributed by atoms with Crippen molar-refractivity contribution in [3.8, 4) is 0 Å². The van der Waals surface area contributed by atoms with Crippen molar-refractivity contribution in [3.63, 3.8) is 0 Å². The summed E-state index contributed by atoms with van der Waals surface area (Å²) in [5, 5.41) is 3.34. The van der Waals surface area contributed by atoms with Crippen molar-refractivity contribution in [1.29, 1.82) is 0 Å². The lowest BCUT2D eigenvalue weighted by molar-refractivity contribution is -0.120. The van der Waals surface area contributed by atoms with Gasteiger partial charge in [-0.2, -0.15) is 0 Å². The maximum atomic E-state index is 11.2. The number of carbonyl (C=O) groups is 2. The van der Waals surface area contributed by atoms with Gasteiger partial charge in [0.2, 0.25) is 5.91 Å². The Hall–Kier alpha value is -1.55. The molecule has 1 aliphatic rings. The lowest BCUT2D eigenvalue weighted by Crippen LogP contribution is -2.29. The predicted octanol–water partition coefficient (Wildman–Crippen LogP) is 1.48. The van der Waals surface area contributed by atoms with Crippen molar-refractivity contribution >= 4 is 29.5 Å². The van der Waals surface area contributed by atoms with E-state index in [1.807, 2.05) is 11.0 Å². The molecule has 1 aliphatic heterocycles. The van der Waals surface area contributed by atoms with E-state index < -0.39 is 0 Å². The summed E-state index contributed by atoms with van der Waals surface area (Å²) in [4.78, 5) is 24.3. The molecule has 17 heavy (non-hydrogen) atoms. The van der Waals surface area contributed by atoms with Crippen LogP contribution in [0.2, 0.25) is 5.02 Å². The zero-order valence-corrected chi connectivity index (χ0v) is 10.0. The van der Waals surface area contributed by atoms with Gasteiger partial charge in [-0.05, 0) is 18.2 Å². The molecule has 4 nitrogen and oxygen atoms in total. The van der Waals surface area contributed by atoms with Gasteiger partial charge in [-0.25, -0.2) is 0 Å². The van der Waals surface area contributed by atoms with Crippen molar-refractivity contribution in [3.05, 3.63) is 28.8 Å². The molecule has 1 amide bonds. The fraction of sp³-hybridized carbons (Fsp3) is 0.333. The molecular formula is C12H13ClN2O2. The van der Waals surface area contributed by atoms with Crippen LogP contribution in [0.25, 0.3) is 0 Å². The number of amides is 1. The number of nitrogens with zero attached hydrogens (tertiary/aromatic N) is 1. The number of carbonyl (C=O) groups excluding carboxylic acids is 2. The number of anilines is 1. The van der Waals surface area contributed by atoms with E-state index in [-0.39, 0.29) is 5.91 Å². The summed E-state index contributed by atoms with van der Waals surface area (Å²) in [7, 11) is 0. The third-order valence-electron chi connectivity index (χ3n) is 2.77. The standard InChI is InChI=1S/C12H13ClN2O2/c13-10-1-2-11(9(7-10)8-16)15-5-3-12(17)14-4-6-15/h1-2,7-8H,3-6H2,(H,14,17). The summed E-state index contributed by atoms with van der Waals surface area (Å²) >= 11 is 5.85. The zero-order chi connectivity index (χ0) is 12.3. The minimum Gasteiger partial charge on any atom is -0.369 e. The lowest BCUT2D eigenvalue weighted by atomic mass is 10.1. The number of rotatable bonds is 2. The van der Waals surface area contributed by atoms with Gasteiger partial charge in [-0.3, -0.25) is 9.59 Å². The Morgan fingerprint density at radius 3 is 2.94 bits per heavy atom. The average molecular weight is 253 g/mol. The molecule has 90 valence electrons. The fourth-order valence-electron chi connectivity index (χ4n) is 1.92. The molecule has 1 aromatic rings. The molecule has 1 N–H and O–H groups in total. The Morgan fingerprint density at radius 2 is 2.18 bits per heavy atom. The molecule has 5 heteroatoms. The Labute approximate surface area is 105 Å². The summed E-state index contributed by atoms with van der Waals surface area (Å²) in [5.74, 6) is 0.0501. The molecule has 1 fully saturated rings. The van der Waals surface area contributed by atoms with Gasteiger partial charge in [-0.1, -0.05) is 11.6 Å². The van der Waals surface area contributed by atoms with Gasteiger partial charge >= 0.3 is 0 Å². The van der Waals surface area contributed by atoms with Crippen molar-refractivity contribution < 1.29 is 9.59 Å². The number of hydrogen-bond donors (Lipinski definition) is 1. The minimum absolute atomic E-state index is 0.0501. The van der Waals surface area contributed by atoms with Crippen LogP contribution in [0.15, 0.2) is 18.2 Å². The highest BCUT2D eigenvalue weighted by Crippen LogP contribution is 2.23. The van der Waals surface area contributed by atoms with E-state index in [2.05, 4.69) is 5.32 Å². The molecule has 2 rings (SSSR count). The van der Waals surface area contributed by atoms with Crippen LogP contribution in [0.4, 0.5) is 5.69 Å². The number of benzene rings is 1. The van der Waals surface area contributed by atoms with Gasteiger partial charge in [0.05, 0.1) is 0 Å². The van der Waals surface area contributed by atoms with Crippen LogP contribution in [0, 0.1) is 0 Å². The van der Waals surface area contributed by atoms with Crippen LogP contribution in [-0.2, 0) is 4.79 Å². The quantitative estimate of drug-likeness (QED) is 0.811. The van der Waals surface area contributed by atoms with Gasteiger partial charge in [0.1, 0.15) is 0 Å². The van der Waals surface area contributed by atoms with Crippen LogP contribution >= 0.6 is 11.6 Å². The Balaban J connectivity index is 2.26. The molecule has 0 bridgehead atoms. The van der Waals surface area contributed by atoms with Crippen LogP contribution in [-0.4, -0.2) is 31.8 Å². The Bertz CT molecular complexity index is 448. The largest absolute Gasteiger partial charge is 0.369 e. The molecule has 0 atom stereocenters. The number of halogens is 1. The molecular weight excluding hydrogens is 240 g/mol. The maximum absolute atomic E-state index is 11.2. The van der Waals surface area contributed by atoms with Crippen LogP contribution in [0.5, 0.6) is 0 Å². The van der Waals surface area contributed by atoms with Crippen molar-refractivity contribution in [2.24, 2.45) is 0 Å². The van der Waals surface area contributed by atoms with Crippen molar-refractivity contribution in [1.82, 2.24) is 5.32 Å². The third-order valence-corrected chi connectivity index (χ3v) is 3.01. The van der Waals surface area contributed by atoms with E-state index in [0.29, 0.717) is 36.6 Å². The van der Waals surface area contributed by atoms with E-state index in [1.54, 1.807) is 12.1 Å². The maximum Gasteiger partial charge on any atom is 0.221 e. The van der Waals surface area contributed by atoms with Gasteiger partial charge in [0.15, 0.2) is 6.29 Å². The highest BCUT2D eigenvalue weighted by molar-refractivity contribution is 6.31. The summed E-state index contributed by atoms with van der Waals surface area (Å²) in [5.41, 5.74) is 1.40. The van der Waals surface area contributed by atoms with E-state index in [4.69, 9.17) is 11.6 Å². The number of aldehydes is 1. The summed E-state index contributed by atoms with van der Waals surface area (Å²) in [6.45, 7) is 1.92.